The quantitative estimate of drug-likeness (QED) is 0.543. The van der Waals surface area contributed by atoms with Gasteiger partial charge in [-0.3, -0.25) is 4.79 Å². The molecule has 0 rings (SSSR count). The third-order valence-corrected chi connectivity index (χ3v) is 2.23. The van der Waals surface area contributed by atoms with E-state index in [-0.39, 0.29) is 5.91 Å². The van der Waals surface area contributed by atoms with Crippen LogP contribution in [0.4, 0.5) is 0 Å². The second-order valence-electron chi connectivity index (χ2n) is 3.30. The van der Waals surface area contributed by atoms with Gasteiger partial charge in [-0.2, -0.15) is 0 Å². The number of rotatable bonds is 5. The van der Waals surface area contributed by atoms with Gasteiger partial charge in [-0.05, 0) is 20.8 Å². The van der Waals surface area contributed by atoms with Gasteiger partial charge in [-0.25, -0.2) is 0 Å². The first-order valence-electron chi connectivity index (χ1n) is 5.18. The molecule has 1 amide bonds. The summed E-state index contributed by atoms with van der Waals surface area (Å²) in [6, 6.07) is 0. The van der Waals surface area contributed by atoms with E-state index in [9.17, 15) is 9.90 Å². The van der Waals surface area contributed by atoms with Crippen molar-refractivity contribution in [1.82, 2.24) is 4.90 Å². The highest BCUT2D eigenvalue weighted by molar-refractivity contribution is 5.87. The fraction of sp³-hybridized carbons (Fsp3) is 0.583. The Kier molecular flexibility index (Phi) is 6.48. The van der Waals surface area contributed by atoms with E-state index in [0.717, 1.165) is 0 Å². The number of terminal acetylenes is 1. The lowest BCUT2D eigenvalue weighted by Gasteiger charge is -2.16. The Morgan fingerprint density at radius 3 is 2.40 bits per heavy atom. The molecular weight excluding hydrogens is 190 g/mol. The molecular formula is C12H19NO2. The molecule has 0 aliphatic heterocycles. The molecule has 0 aromatic rings. The van der Waals surface area contributed by atoms with Crippen LogP contribution in [0.15, 0.2) is 12.2 Å². The highest BCUT2D eigenvalue weighted by Gasteiger charge is 2.10. The molecule has 2 unspecified atom stereocenters. The smallest absolute Gasteiger partial charge is 0.246 e. The van der Waals surface area contributed by atoms with Crippen molar-refractivity contribution in [2.24, 2.45) is 5.92 Å². The van der Waals surface area contributed by atoms with Crippen molar-refractivity contribution >= 4 is 5.91 Å². The maximum absolute atomic E-state index is 11.5. The third kappa shape index (κ3) is 4.66. The van der Waals surface area contributed by atoms with Crippen molar-refractivity contribution in [2.75, 3.05) is 13.1 Å². The highest BCUT2D eigenvalue weighted by atomic mass is 16.3. The van der Waals surface area contributed by atoms with Crippen molar-refractivity contribution < 1.29 is 9.90 Å². The Morgan fingerprint density at radius 1 is 1.53 bits per heavy atom. The van der Waals surface area contributed by atoms with Crippen LogP contribution < -0.4 is 0 Å². The second-order valence-corrected chi connectivity index (χ2v) is 3.30. The van der Waals surface area contributed by atoms with Gasteiger partial charge in [0, 0.05) is 19.2 Å². The zero-order valence-corrected chi connectivity index (χ0v) is 9.60. The van der Waals surface area contributed by atoms with E-state index in [1.807, 2.05) is 13.8 Å². The van der Waals surface area contributed by atoms with E-state index in [2.05, 4.69) is 5.92 Å². The van der Waals surface area contributed by atoms with Gasteiger partial charge in [0.05, 0.1) is 12.0 Å². The summed E-state index contributed by atoms with van der Waals surface area (Å²) in [7, 11) is 0. The van der Waals surface area contributed by atoms with Gasteiger partial charge < -0.3 is 10.0 Å². The molecule has 0 saturated carbocycles. The van der Waals surface area contributed by atoms with E-state index in [1.54, 1.807) is 17.9 Å². The maximum Gasteiger partial charge on any atom is 0.246 e. The third-order valence-electron chi connectivity index (χ3n) is 2.23. The SMILES string of the molecule is C#CC(/C=C/C(=O)N(CC)CC)C(C)O. The molecule has 2 atom stereocenters. The van der Waals surface area contributed by atoms with Crippen LogP contribution in [-0.2, 0) is 4.79 Å². The number of carbonyl (C=O) groups is 1. The molecule has 0 radical (unpaired) electrons. The normalized spacial score (nSPS) is 14.6. The van der Waals surface area contributed by atoms with Crippen molar-refractivity contribution in [3.8, 4) is 12.3 Å². The summed E-state index contributed by atoms with van der Waals surface area (Å²) in [5.41, 5.74) is 0. The number of hydrogen-bond acceptors (Lipinski definition) is 2. The lowest BCUT2D eigenvalue weighted by Crippen LogP contribution is -2.29. The minimum atomic E-state index is -0.629. The average Bonchev–Trinajstić information content (AvgIpc) is 2.20. The van der Waals surface area contributed by atoms with Crippen LogP contribution in [0.25, 0.3) is 0 Å². The molecule has 0 bridgehead atoms. The number of aliphatic hydroxyl groups is 1. The number of carbonyl (C=O) groups excluding carboxylic acids is 1. The molecule has 0 aliphatic rings. The Labute approximate surface area is 91.8 Å². The molecule has 3 nitrogen and oxygen atoms in total. The molecule has 3 heteroatoms. The summed E-state index contributed by atoms with van der Waals surface area (Å²) >= 11 is 0. The van der Waals surface area contributed by atoms with E-state index in [0.29, 0.717) is 13.1 Å². The zero-order valence-electron chi connectivity index (χ0n) is 9.60. The van der Waals surface area contributed by atoms with Crippen LogP contribution in [0.2, 0.25) is 0 Å². The first-order chi connectivity index (χ1) is 7.06. The van der Waals surface area contributed by atoms with Crippen molar-refractivity contribution in [3.05, 3.63) is 12.2 Å². The van der Waals surface area contributed by atoms with E-state index in [1.165, 1.54) is 6.08 Å². The molecule has 0 heterocycles. The van der Waals surface area contributed by atoms with Gasteiger partial charge in [-0.15, -0.1) is 6.42 Å². The number of likely N-dealkylation sites (N-methyl/N-ethyl adjacent to an activating group) is 1. The van der Waals surface area contributed by atoms with Crippen molar-refractivity contribution in [3.63, 3.8) is 0 Å². The Bertz CT molecular complexity index is 259. The van der Waals surface area contributed by atoms with Gasteiger partial charge in [0.1, 0.15) is 0 Å². The van der Waals surface area contributed by atoms with Crippen molar-refractivity contribution in [1.29, 1.82) is 0 Å². The van der Waals surface area contributed by atoms with E-state index in [4.69, 9.17) is 6.42 Å². The Balaban J connectivity index is 4.39. The average molecular weight is 209 g/mol. The monoisotopic (exact) mass is 209 g/mol. The fourth-order valence-electron chi connectivity index (χ4n) is 1.18. The van der Waals surface area contributed by atoms with Crippen LogP contribution in [0.1, 0.15) is 20.8 Å². The molecule has 0 fully saturated rings. The molecule has 0 aromatic carbocycles. The standard InChI is InChI=1S/C12H19NO2/c1-5-11(10(4)14)8-9-12(15)13(6-2)7-3/h1,8-11,14H,6-7H2,2-4H3/b9-8+. The van der Waals surface area contributed by atoms with Crippen LogP contribution in [0.3, 0.4) is 0 Å². The summed E-state index contributed by atoms with van der Waals surface area (Å²) in [6.45, 7) is 6.80. The first-order valence-corrected chi connectivity index (χ1v) is 5.18. The Morgan fingerprint density at radius 2 is 2.07 bits per heavy atom. The van der Waals surface area contributed by atoms with E-state index >= 15 is 0 Å². The van der Waals surface area contributed by atoms with Crippen LogP contribution in [0, 0.1) is 18.3 Å². The zero-order chi connectivity index (χ0) is 11.8. The lowest BCUT2D eigenvalue weighted by atomic mass is 10.0. The van der Waals surface area contributed by atoms with Gasteiger partial charge in [0.25, 0.3) is 0 Å². The summed E-state index contributed by atoms with van der Waals surface area (Å²) < 4.78 is 0. The van der Waals surface area contributed by atoms with Crippen LogP contribution >= 0.6 is 0 Å². The minimum absolute atomic E-state index is 0.0686. The van der Waals surface area contributed by atoms with Gasteiger partial charge >= 0.3 is 0 Å². The minimum Gasteiger partial charge on any atom is -0.392 e. The van der Waals surface area contributed by atoms with Crippen LogP contribution in [-0.4, -0.2) is 35.1 Å². The second kappa shape index (κ2) is 7.08. The number of hydrogen-bond donors (Lipinski definition) is 1. The molecule has 0 saturated heterocycles. The molecule has 84 valence electrons. The van der Waals surface area contributed by atoms with Crippen LogP contribution in [0.5, 0.6) is 0 Å². The largest absolute Gasteiger partial charge is 0.392 e. The lowest BCUT2D eigenvalue weighted by molar-refractivity contribution is -0.125. The van der Waals surface area contributed by atoms with Gasteiger partial charge in [0.15, 0.2) is 0 Å². The number of nitrogens with zero attached hydrogens (tertiary/aromatic N) is 1. The Hall–Kier alpha value is -1.27. The van der Waals surface area contributed by atoms with Gasteiger partial charge in [0.2, 0.25) is 5.91 Å². The maximum atomic E-state index is 11.5. The molecule has 0 aromatic heterocycles. The molecule has 0 aliphatic carbocycles. The van der Waals surface area contributed by atoms with Gasteiger partial charge in [-0.1, -0.05) is 12.0 Å². The summed E-state index contributed by atoms with van der Waals surface area (Å²) in [5.74, 6) is 1.96. The number of amides is 1. The predicted octanol–water partition coefficient (Wildman–Crippen LogP) is 1.04. The molecule has 1 N–H and O–H groups in total. The number of aliphatic hydroxyl groups excluding tert-OH is 1. The summed E-state index contributed by atoms with van der Waals surface area (Å²) in [6.07, 6.45) is 7.60. The fourth-order valence-corrected chi connectivity index (χ4v) is 1.18. The van der Waals surface area contributed by atoms with Crippen molar-refractivity contribution in [2.45, 2.75) is 26.9 Å². The molecule has 0 spiro atoms. The first kappa shape index (κ1) is 13.7. The highest BCUT2D eigenvalue weighted by Crippen LogP contribution is 2.04. The predicted molar refractivity (Wildman–Crippen MR) is 61.1 cm³/mol. The summed E-state index contributed by atoms with van der Waals surface area (Å²) in [4.78, 5) is 13.2. The summed E-state index contributed by atoms with van der Waals surface area (Å²) in [5, 5.41) is 9.26. The molecule has 15 heavy (non-hydrogen) atoms. The van der Waals surface area contributed by atoms with E-state index < -0.39 is 12.0 Å². The topological polar surface area (TPSA) is 40.5 Å².